The lowest BCUT2D eigenvalue weighted by atomic mass is 10.1. The Morgan fingerprint density at radius 3 is 2.31 bits per heavy atom. The maximum absolute atomic E-state index is 13.2. The molecule has 2 aromatic carbocycles. The monoisotopic (exact) mass is 506 g/mol. The summed E-state index contributed by atoms with van der Waals surface area (Å²) in [6.07, 6.45) is 4.65. The molecule has 1 aromatic heterocycles. The number of anilines is 2. The SMILES string of the molecule is O=C(NCCCN1CCN(c2ccc(F)cc2)CC1)c1cc(-c2ccccc2)c(N2CCCCC2)s1. The Balaban J connectivity index is 1.12. The molecule has 0 radical (unpaired) electrons. The minimum absolute atomic E-state index is 0.0292. The summed E-state index contributed by atoms with van der Waals surface area (Å²) >= 11 is 1.63. The van der Waals surface area contributed by atoms with Crippen LogP contribution < -0.4 is 15.1 Å². The first-order valence-electron chi connectivity index (χ1n) is 13.1. The van der Waals surface area contributed by atoms with Gasteiger partial charge in [-0.2, -0.15) is 0 Å². The van der Waals surface area contributed by atoms with Crippen LogP contribution in [0, 0.1) is 5.82 Å². The molecule has 36 heavy (non-hydrogen) atoms. The summed E-state index contributed by atoms with van der Waals surface area (Å²) in [6, 6.07) is 19.3. The quantitative estimate of drug-likeness (QED) is 0.410. The minimum Gasteiger partial charge on any atom is -0.369 e. The van der Waals surface area contributed by atoms with E-state index in [0.717, 1.165) is 62.8 Å². The third kappa shape index (κ3) is 6.08. The fourth-order valence-corrected chi connectivity index (χ4v) is 6.27. The van der Waals surface area contributed by atoms with Crippen molar-refractivity contribution in [3.05, 3.63) is 71.4 Å². The van der Waals surface area contributed by atoms with Crippen LogP contribution in [0.5, 0.6) is 0 Å². The van der Waals surface area contributed by atoms with Gasteiger partial charge in [-0.3, -0.25) is 9.69 Å². The topological polar surface area (TPSA) is 38.8 Å². The van der Waals surface area contributed by atoms with Gasteiger partial charge in [0.25, 0.3) is 5.91 Å². The largest absolute Gasteiger partial charge is 0.369 e. The second-order valence-electron chi connectivity index (χ2n) is 9.66. The summed E-state index contributed by atoms with van der Waals surface area (Å²) < 4.78 is 13.2. The van der Waals surface area contributed by atoms with Gasteiger partial charge in [-0.25, -0.2) is 4.39 Å². The highest BCUT2D eigenvalue weighted by atomic mass is 32.1. The van der Waals surface area contributed by atoms with Gasteiger partial charge in [0.15, 0.2) is 0 Å². The van der Waals surface area contributed by atoms with Crippen LogP contribution in [0.4, 0.5) is 15.1 Å². The van der Waals surface area contributed by atoms with Crippen LogP contribution in [-0.2, 0) is 0 Å². The first-order chi connectivity index (χ1) is 17.7. The van der Waals surface area contributed by atoms with Crippen LogP contribution >= 0.6 is 11.3 Å². The van der Waals surface area contributed by atoms with E-state index in [9.17, 15) is 9.18 Å². The lowest BCUT2D eigenvalue weighted by Gasteiger charge is -2.36. The van der Waals surface area contributed by atoms with E-state index < -0.39 is 0 Å². The predicted octanol–water partition coefficient (Wildman–Crippen LogP) is 5.49. The molecule has 190 valence electrons. The Hall–Kier alpha value is -2.90. The summed E-state index contributed by atoms with van der Waals surface area (Å²) in [6.45, 7) is 7.62. The molecule has 0 saturated carbocycles. The molecular weight excluding hydrogens is 471 g/mol. The molecule has 2 fully saturated rings. The number of rotatable bonds is 8. The van der Waals surface area contributed by atoms with Gasteiger partial charge in [0.2, 0.25) is 0 Å². The van der Waals surface area contributed by atoms with Gasteiger partial charge in [0, 0.05) is 57.1 Å². The number of piperazine rings is 1. The summed E-state index contributed by atoms with van der Waals surface area (Å²) in [7, 11) is 0. The van der Waals surface area contributed by atoms with Crippen LogP contribution in [0.15, 0.2) is 60.7 Å². The summed E-state index contributed by atoms with van der Waals surface area (Å²) in [5.41, 5.74) is 3.43. The zero-order chi connectivity index (χ0) is 24.7. The van der Waals surface area contributed by atoms with Crippen molar-refractivity contribution in [1.82, 2.24) is 10.2 Å². The maximum atomic E-state index is 13.2. The van der Waals surface area contributed by atoms with Crippen molar-refractivity contribution in [3.63, 3.8) is 0 Å². The first-order valence-corrected chi connectivity index (χ1v) is 13.9. The second kappa shape index (κ2) is 11.9. The average molecular weight is 507 g/mol. The number of nitrogens with one attached hydrogen (secondary N) is 1. The average Bonchev–Trinajstić information content (AvgIpc) is 3.39. The Kier molecular flexibility index (Phi) is 8.18. The molecule has 2 saturated heterocycles. The number of carbonyl (C=O) groups is 1. The van der Waals surface area contributed by atoms with E-state index in [1.165, 1.54) is 47.5 Å². The van der Waals surface area contributed by atoms with Crippen LogP contribution in [0.1, 0.15) is 35.4 Å². The molecule has 0 unspecified atom stereocenters. The predicted molar refractivity (Wildman–Crippen MR) is 148 cm³/mol. The summed E-state index contributed by atoms with van der Waals surface area (Å²) in [4.78, 5) is 21.0. The third-order valence-electron chi connectivity index (χ3n) is 7.17. The van der Waals surface area contributed by atoms with Crippen molar-refractivity contribution in [2.45, 2.75) is 25.7 Å². The highest BCUT2D eigenvalue weighted by molar-refractivity contribution is 7.18. The Morgan fingerprint density at radius 1 is 0.861 bits per heavy atom. The zero-order valence-corrected chi connectivity index (χ0v) is 21.6. The van der Waals surface area contributed by atoms with Crippen molar-refractivity contribution in [3.8, 4) is 11.1 Å². The van der Waals surface area contributed by atoms with E-state index in [0.29, 0.717) is 6.54 Å². The number of hydrogen-bond donors (Lipinski definition) is 1. The Morgan fingerprint density at radius 2 is 1.58 bits per heavy atom. The normalized spacial score (nSPS) is 16.8. The van der Waals surface area contributed by atoms with Gasteiger partial charge in [-0.1, -0.05) is 30.3 Å². The maximum Gasteiger partial charge on any atom is 0.261 e. The molecule has 2 aliphatic rings. The number of carbonyl (C=O) groups excluding carboxylic acids is 1. The van der Waals surface area contributed by atoms with E-state index in [-0.39, 0.29) is 11.7 Å². The van der Waals surface area contributed by atoms with E-state index in [1.807, 2.05) is 18.2 Å². The number of benzene rings is 2. The third-order valence-corrected chi connectivity index (χ3v) is 8.36. The summed E-state index contributed by atoms with van der Waals surface area (Å²) in [5.74, 6) is -0.164. The molecule has 3 aromatic rings. The van der Waals surface area contributed by atoms with Crippen molar-refractivity contribution in [1.29, 1.82) is 0 Å². The van der Waals surface area contributed by atoms with Crippen LogP contribution in [-0.4, -0.2) is 63.2 Å². The fraction of sp³-hybridized carbons (Fsp3) is 0.414. The van der Waals surface area contributed by atoms with E-state index in [2.05, 4.69) is 50.3 Å². The molecule has 0 spiro atoms. The van der Waals surface area contributed by atoms with Crippen molar-refractivity contribution in [2.24, 2.45) is 0 Å². The number of hydrogen-bond acceptors (Lipinski definition) is 5. The van der Waals surface area contributed by atoms with Crippen LogP contribution in [0.2, 0.25) is 0 Å². The standard InChI is InChI=1S/C29H35FN4OS/c30-24-10-12-25(13-11-24)33-20-18-32(19-21-33)15-7-14-31-28(35)27-22-26(23-8-3-1-4-9-23)29(36-27)34-16-5-2-6-17-34/h1,3-4,8-13,22H,2,5-7,14-21H2,(H,31,35). The van der Waals surface area contributed by atoms with Gasteiger partial charge in [-0.15, -0.1) is 11.3 Å². The number of amides is 1. The molecular formula is C29H35FN4OS. The molecule has 2 aliphatic heterocycles. The number of halogens is 1. The number of thiophene rings is 1. The lowest BCUT2D eigenvalue weighted by molar-refractivity contribution is 0.0955. The summed E-state index contributed by atoms with van der Waals surface area (Å²) in [5, 5.41) is 4.38. The van der Waals surface area contributed by atoms with E-state index in [1.54, 1.807) is 11.3 Å². The van der Waals surface area contributed by atoms with E-state index in [4.69, 9.17) is 0 Å². The van der Waals surface area contributed by atoms with Gasteiger partial charge < -0.3 is 15.1 Å². The molecule has 0 aliphatic carbocycles. The van der Waals surface area contributed by atoms with Gasteiger partial charge in [0.1, 0.15) is 5.82 Å². The van der Waals surface area contributed by atoms with Gasteiger partial charge in [-0.05, 0) is 68.1 Å². The van der Waals surface area contributed by atoms with E-state index >= 15 is 0 Å². The smallest absolute Gasteiger partial charge is 0.261 e. The molecule has 1 N–H and O–H groups in total. The Labute approximate surface area is 217 Å². The highest BCUT2D eigenvalue weighted by Gasteiger charge is 2.22. The van der Waals surface area contributed by atoms with Gasteiger partial charge in [0.05, 0.1) is 9.88 Å². The zero-order valence-electron chi connectivity index (χ0n) is 20.8. The fourth-order valence-electron chi connectivity index (χ4n) is 5.12. The first kappa shape index (κ1) is 24.8. The molecule has 5 nitrogen and oxygen atoms in total. The second-order valence-corrected chi connectivity index (χ2v) is 10.7. The minimum atomic E-state index is -0.194. The number of nitrogens with zero attached hydrogens (tertiary/aromatic N) is 3. The molecule has 7 heteroatoms. The van der Waals surface area contributed by atoms with Crippen molar-refractivity contribution in [2.75, 3.05) is 62.2 Å². The highest BCUT2D eigenvalue weighted by Crippen LogP contribution is 2.40. The molecule has 1 amide bonds. The molecule has 0 bridgehead atoms. The molecule has 0 atom stereocenters. The van der Waals surface area contributed by atoms with Crippen LogP contribution in [0.25, 0.3) is 11.1 Å². The van der Waals surface area contributed by atoms with Gasteiger partial charge >= 0.3 is 0 Å². The van der Waals surface area contributed by atoms with Crippen molar-refractivity contribution >= 4 is 27.9 Å². The number of piperidine rings is 1. The van der Waals surface area contributed by atoms with Crippen LogP contribution in [0.3, 0.4) is 0 Å². The molecule has 5 rings (SSSR count). The lowest BCUT2D eigenvalue weighted by Crippen LogP contribution is -2.47. The molecule has 3 heterocycles. The Bertz CT molecular complexity index is 1120. The van der Waals surface area contributed by atoms with Crippen molar-refractivity contribution < 1.29 is 9.18 Å².